The van der Waals surface area contributed by atoms with Crippen molar-refractivity contribution in [1.82, 2.24) is 10.3 Å². The molecule has 4 heteroatoms. The molecule has 1 N–H and O–H groups in total. The van der Waals surface area contributed by atoms with Crippen molar-refractivity contribution in [1.29, 1.82) is 0 Å². The minimum atomic E-state index is -0.0342. The Morgan fingerprint density at radius 3 is 2.94 bits per heavy atom. The molecule has 1 aliphatic carbocycles. The topological polar surface area (TPSA) is 34.1 Å². The Kier molecular flexibility index (Phi) is 3.62. The molecule has 1 aromatic rings. The number of thiazole rings is 1. The molecule has 0 fully saturated rings. The highest BCUT2D eigenvalue weighted by Gasteiger charge is 2.27. The van der Waals surface area contributed by atoms with Crippen LogP contribution in [0.1, 0.15) is 35.8 Å². The van der Waals surface area contributed by atoms with Crippen molar-refractivity contribution < 1.29 is 4.74 Å². The first-order valence-electron chi connectivity index (χ1n) is 5.86. The van der Waals surface area contributed by atoms with Crippen LogP contribution in [0.5, 0.6) is 0 Å². The van der Waals surface area contributed by atoms with Gasteiger partial charge in [0.2, 0.25) is 0 Å². The van der Waals surface area contributed by atoms with Gasteiger partial charge in [-0.15, -0.1) is 11.3 Å². The van der Waals surface area contributed by atoms with Crippen molar-refractivity contribution >= 4 is 11.3 Å². The number of fused-ring (bicyclic) bond motifs is 1. The van der Waals surface area contributed by atoms with E-state index in [1.54, 1.807) is 7.11 Å². The van der Waals surface area contributed by atoms with E-state index in [2.05, 4.69) is 19.2 Å². The first-order valence-corrected chi connectivity index (χ1v) is 6.68. The van der Waals surface area contributed by atoms with E-state index in [-0.39, 0.29) is 5.54 Å². The SMILES string of the molecule is COCCNC(C)(C)c1nc2c(s1)CCC2. The maximum atomic E-state index is 5.05. The summed E-state index contributed by atoms with van der Waals surface area (Å²) in [4.78, 5) is 6.25. The number of ether oxygens (including phenoxy) is 1. The predicted octanol–water partition coefficient (Wildman–Crippen LogP) is 2.10. The minimum absolute atomic E-state index is 0.0342. The van der Waals surface area contributed by atoms with Gasteiger partial charge in [-0.3, -0.25) is 0 Å². The third kappa shape index (κ3) is 2.44. The van der Waals surface area contributed by atoms with E-state index < -0.39 is 0 Å². The molecule has 3 nitrogen and oxygen atoms in total. The van der Waals surface area contributed by atoms with Crippen molar-refractivity contribution in [3.8, 4) is 0 Å². The fourth-order valence-corrected chi connectivity index (χ4v) is 3.23. The lowest BCUT2D eigenvalue weighted by Crippen LogP contribution is -2.38. The number of hydrogen-bond donors (Lipinski definition) is 1. The van der Waals surface area contributed by atoms with Crippen molar-refractivity contribution in [2.45, 2.75) is 38.6 Å². The van der Waals surface area contributed by atoms with E-state index in [0.29, 0.717) is 0 Å². The summed E-state index contributed by atoms with van der Waals surface area (Å²) in [5.41, 5.74) is 1.30. The molecule has 1 aliphatic rings. The zero-order chi connectivity index (χ0) is 11.6. The predicted molar refractivity (Wildman–Crippen MR) is 67.0 cm³/mol. The third-order valence-electron chi connectivity index (χ3n) is 3.00. The first kappa shape index (κ1) is 12.0. The van der Waals surface area contributed by atoms with Gasteiger partial charge < -0.3 is 10.1 Å². The van der Waals surface area contributed by atoms with E-state index in [4.69, 9.17) is 9.72 Å². The highest BCUT2D eigenvalue weighted by molar-refractivity contribution is 7.12. The Morgan fingerprint density at radius 1 is 1.44 bits per heavy atom. The van der Waals surface area contributed by atoms with Crippen molar-refractivity contribution in [3.05, 3.63) is 15.6 Å². The van der Waals surface area contributed by atoms with E-state index in [9.17, 15) is 0 Å². The first-order chi connectivity index (χ1) is 7.63. The van der Waals surface area contributed by atoms with Gasteiger partial charge in [-0.05, 0) is 33.1 Å². The van der Waals surface area contributed by atoms with Crippen LogP contribution in [0.15, 0.2) is 0 Å². The summed E-state index contributed by atoms with van der Waals surface area (Å²) < 4.78 is 5.05. The van der Waals surface area contributed by atoms with Gasteiger partial charge in [0.1, 0.15) is 5.01 Å². The van der Waals surface area contributed by atoms with Crippen LogP contribution in [0.25, 0.3) is 0 Å². The summed E-state index contributed by atoms with van der Waals surface area (Å²) in [5.74, 6) is 0. The maximum absolute atomic E-state index is 5.05. The fraction of sp³-hybridized carbons (Fsp3) is 0.750. The minimum Gasteiger partial charge on any atom is -0.383 e. The number of rotatable bonds is 5. The lowest BCUT2D eigenvalue weighted by Gasteiger charge is -2.23. The summed E-state index contributed by atoms with van der Waals surface area (Å²) in [6.45, 7) is 6.00. The van der Waals surface area contributed by atoms with Gasteiger partial charge in [0.05, 0.1) is 17.8 Å². The van der Waals surface area contributed by atoms with Crippen LogP contribution < -0.4 is 5.32 Å². The van der Waals surface area contributed by atoms with E-state index in [0.717, 1.165) is 13.2 Å². The molecule has 0 aromatic carbocycles. The molecule has 0 saturated carbocycles. The summed E-state index contributed by atoms with van der Waals surface area (Å²) >= 11 is 1.87. The molecule has 0 spiro atoms. The molecule has 0 amide bonds. The van der Waals surface area contributed by atoms with Crippen molar-refractivity contribution in [2.24, 2.45) is 0 Å². The average molecular weight is 240 g/mol. The van der Waals surface area contributed by atoms with Gasteiger partial charge in [-0.2, -0.15) is 0 Å². The van der Waals surface area contributed by atoms with Crippen molar-refractivity contribution in [3.63, 3.8) is 0 Å². The van der Waals surface area contributed by atoms with Crippen LogP contribution in [0, 0.1) is 0 Å². The molecule has 0 saturated heterocycles. The lowest BCUT2D eigenvalue weighted by molar-refractivity contribution is 0.188. The van der Waals surface area contributed by atoms with E-state index in [1.165, 1.54) is 34.8 Å². The van der Waals surface area contributed by atoms with Crippen molar-refractivity contribution in [2.75, 3.05) is 20.3 Å². The van der Waals surface area contributed by atoms with Gasteiger partial charge in [-0.1, -0.05) is 0 Å². The molecule has 0 radical (unpaired) electrons. The maximum Gasteiger partial charge on any atom is 0.113 e. The van der Waals surface area contributed by atoms with Crippen LogP contribution in [0.3, 0.4) is 0 Å². The lowest BCUT2D eigenvalue weighted by atomic mass is 10.1. The zero-order valence-corrected chi connectivity index (χ0v) is 11.1. The van der Waals surface area contributed by atoms with Gasteiger partial charge in [0.25, 0.3) is 0 Å². The Hall–Kier alpha value is -0.450. The van der Waals surface area contributed by atoms with Gasteiger partial charge in [-0.25, -0.2) is 4.98 Å². The Morgan fingerprint density at radius 2 is 2.25 bits per heavy atom. The summed E-state index contributed by atoms with van der Waals surface area (Å²) in [6.07, 6.45) is 3.67. The van der Waals surface area contributed by atoms with Gasteiger partial charge in [0.15, 0.2) is 0 Å². The molecule has 0 bridgehead atoms. The van der Waals surface area contributed by atoms with Crippen LogP contribution in [-0.2, 0) is 23.1 Å². The second kappa shape index (κ2) is 4.82. The Balaban J connectivity index is 2.03. The number of nitrogens with one attached hydrogen (secondary N) is 1. The molecule has 1 aromatic heterocycles. The number of methoxy groups -OCH3 is 1. The standard InChI is InChI=1S/C12H20N2OS/c1-12(2,13-7-8-15-3)11-14-9-5-4-6-10(9)16-11/h13H,4-8H2,1-3H3. The second-order valence-corrected chi connectivity index (χ2v) is 5.87. The normalized spacial score (nSPS) is 15.4. The van der Waals surface area contributed by atoms with Crippen LogP contribution >= 0.6 is 11.3 Å². The quantitative estimate of drug-likeness (QED) is 0.800. The largest absolute Gasteiger partial charge is 0.383 e. The number of hydrogen-bond acceptors (Lipinski definition) is 4. The Labute approximate surface area is 101 Å². The number of aromatic nitrogens is 1. The molecule has 90 valence electrons. The second-order valence-electron chi connectivity index (χ2n) is 4.79. The molecule has 1 heterocycles. The number of nitrogens with zero attached hydrogens (tertiary/aromatic N) is 1. The molecule has 0 unspecified atom stereocenters. The fourth-order valence-electron chi connectivity index (χ4n) is 2.00. The zero-order valence-electron chi connectivity index (χ0n) is 10.3. The monoisotopic (exact) mass is 240 g/mol. The van der Waals surface area contributed by atoms with Crippen LogP contribution in [0.4, 0.5) is 0 Å². The molecule has 2 rings (SSSR count). The molecule has 16 heavy (non-hydrogen) atoms. The molecular weight excluding hydrogens is 220 g/mol. The number of aryl methyl sites for hydroxylation is 2. The highest BCUT2D eigenvalue weighted by Crippen LogP contribution is 2.32. The molecule has 0 atom stereocenters. The Bertz CT molecular complexity index is 338. The van der Waals surface area contributed by atoms with E-state index in [1.807, 2.05) is 11.3 Å². The summed E-state index contributed by atoms with van der Waals surface area (Å²) in [7, 11) is 1.73. The summed E-state index contributed by atoms with van der Waals surface area (Å²) in [6, 6.07) is 0. The smallest absolute Gasteiger partial charge is 0.113 e. The van der Waals surface area contributed by atoms with Crippen LogP contribution in [-0.4, -0.2) is 25.2 Å². The molecule has 0 aliphatic heterocycles. The van der Waals surface area contributed by atoms with Crippen LogP contribution in [0.2, 0.25) is 0 Å². The van der Waals surface area contributed by atoms with E-state index >= 15 is 0 Å². The average Bonchev–Trinajstić information content (AvgIpc) is 2.76. The molecular formula is C12H20N2OS. The van der Waals surface area contributed by atoms with Gasteiger partial charge in [0, 0.05) is 18.5 Å². The highest BCUT2D eigenvalue weighted by atomic mass is 32.1. The third-order valence-corrected chi connectivity index (χ3v) is 4.48. The van der Waals surface area contributed by atoms with Gasteiger partial charge >= 0.3 is 0 Å². The summed E-state index contributed by atoms with van der Waals surface area (Å²) in [5, 5.41) is 4.70.